The van der Waals surface area contributed by atoms with Gasteiger partial charge in [0.1, 0.15) is 12.4 Å². The summed E-state index contributed by atoms with van der Waals surface area (Å²) in [6, 6.07) is 0. The molecule has 0 fully saturated rings. The summed E-state index contributed by atoms with van der Waals surface area (Å²) >= 11 is 3.10. The number of nitro groups is 1. The average molecular weight is 354 g/mol. The van der Waals surface area contributed by atoms with Crippen molar-refractivity contribution in [3.63, 3.8) is 0 Å². The fourth-order valence-corrected chi connectivity index (χ4v) is 2.15. The molecule has 0 saturated carbocycles. The second-order valence-electron chi connectivity index (χ2n) is 4.13. The standard InChI is InChI=1S/C9H8BrN9O2/c1-17-7-4(2-12-17)6(11)13-5(14-7)3-18-8(10)15-9(16-18)19(20)21/h2H,3H2,1H3,(H2,11,13,14). The van der Waals surface area contributed by atoms with Gasteiger partial charge in [-0.3, -0.25) is 4.68 Å². The van der Waals surface area contributed by atoms with Crippen LogP contribution in [0.1, 0.15) is 5.82 Å². The molecule has 11 nitrogen and oxygen atoms in total. The second-order valence-corrected chi connectivity index (χ2v) is 4.84. The first kappa shape index (κ1) is 13.4. The Bertz CT molecular complexity index is 854. The molecule has 2 N–H and O–H groups in total. The van der Waals surface area contributed by atoms with E-state index in [-0.39, 0.29) is 17.1 Å². The maximum absolute atomic E-state index is 10.6. The first-order chi connectivity index (χ1) is 9.95. The van der Waals surface area contributed by atoms with E-state index < -0.39 is 10.9 Å². The predicted octanol–water partition coefficient (Wildman–Crippen LogP) is 0.256. The molecule has 12 heteroatoms. The highest BCUT2D eigenvalue weighted by atomic mass is 79.9. The van der Waals surface area contributed by atoms with Gasteiger partial charge in [0, 0.05) is 28.1 Å². The molecular formula is C9H8BrN9O2. The van der Waals surface area contributed by atoms with Crippen molar-refractivity contribution in [1.82, 2.24) is 34.5 Å². The molecule has 108 valence electrons. The maximum atomic E-state index is 10.6. The minimum absolute atomic E-state index is 0.0900. The lowest BCUT2D eigenvalue weighted by Crippen LogP contribution is -2.09. The van der Waals surface area contributed by atoms with Crippen LogP contribution >= 0.6 is 15.9 Å². The van der Waals surface area contributed by atoms with Crippen LogP contribution in [0.2, 0.25) is 0 Å². The van der Waals surface area contributed by atoms with Gasteiger partial charge in [-0.05, 0) is 9.91 Å². The molecule has 3 aromatic rings. The number of halogens is 1. The number of rotatable bonds is 3. The van der Waals surface area contributed by atoms with Gasteiger partial charge in [-0.1, -0.05) is 0 Å². The van der Waals surface area contributed by atoms with Crippen molar-refractivity contribution in [2.45, 2.75) is 6.54 Å². The molecule has 0 amide bonds. The molecule has 0 aliphatic heterocycles. The van der Waals surface area contributed by atoms with E-state index in [2.05, 4.69) is 41.1 Å². The summed E-state index contributed by atoms with van der Waals surface area (Å²) in [5, 5.41) is 19.1. The van der Waals surface area contributed by atoms with Gasteiger partial charge in [-0.2, -0.15) is 9.78 Å². The van der Waals surface area contributed by atoms with Crippen LogP contribution in [-0.2, 0) is 13.6 Å². The van der Waals surface area contributed by atoms with Gasteiger partial charge in [0.2, 0.25) is 0 Å². The third kappa shape index (κ3) is 2.29. The lowest BCUT2D eigenvalue weighted by molar-refractivity contribution is -0.394. The van der Waals surface area contributed by atoms with Crippen LogP contribution in [0.15, 0.2) is 10.9 Å². The van der Waals surface area contributed by atoms with E-state index in [0.29, 0.717) is 16.9 Å². The lowest BCUT2D eigenvalue weighted by atomic mass is 10.4. The van der Waals surface area contributed by atoms with Gasteiger partial charge in [0.15, 0.2) is 11.5 Å². The van der Waals surface area contributed by atoms with Gasteiger partial charge in [-0.25, -0.2) is 9.97 Å². The molecule has 0 aromatic carbocycles. The summed E-state index contributed by atoms with van der Waals surface area (Å²) in [4.78, 5) is 22.1. The van der Waals surface area contributed by atoms with Crippen LogP contribution in [0.5, 0.6) is 0 Å². The highest BCUT2D eigenvalue weighted by molar-refractivity contribution is 9.10. The van der Waals surface area contributed by atoms with Crippen LogP contribution < -0.4 is 5.73 Å². The zero-order valence-corrected chi connectivity index (χ0v) is 12.2. The SMILES string of the molecule is Cn1ncc2c(N)nc(Cn3nc([N+](=O)[O-])nc3Br)nc21. The zero-order valence-electron chi connectivity index (χ0n) is 10.6. The predicted molar refractivity (Wildman–Crippen MR) is 74.2 cm³/mol. The summed E-state index contributed by atoms with van der Waals surface area (Å²) < 4.78 is 3.05. The minimum Gasteiger partial charge on any atom is -0.390 e. The smallest absolute Gasteiger partial charge is 0.390 e. The first-order valence-corrected chi connectivity index (χ1v) is 6.44. The Morgan fingerprint density at radius 2 is 2.19 bits per heavy atom. The van der Waals surface area contributed by atoms with Gasteiger partial charge in [-0.15, -0.1) is 0 Å². The third-order valence-electron chi connectivity index (χ3n) is 2.74. The van der Waals surface area contributed by atoms with Crippen molar-refractivity contribution in [3.8, 4) is 0 Å². The summed E-state index contributed by atoms with van der Waals surface area (Å²) in [5.41, 5.74) is 6.42. The lowest BCUT2D eigenvalue weighted by Gasteiger charge is -2.02. The molecule has 0 radical (unpaired) electrons. The van der Waals surface area contributed by atoms with E-state index in [0.717, 1.165) is 0 Å². The van der Waals surface area contributed by atoms with Gasteiger partial charge in [0.25, 0.3) is 4.73 Å². The summed E-state index contributed by atoms with van der Waals surface area (Å²) in [5.74, 6) is 0.134. The van der Waals surface area contributed by atoms with Crippen molar-refractivity contribution in [3.05, 3.63) is 26.9 Å². The van der Waals surface area contributed by atoms with E-state index in [4.69, 9.17) is 5.73 Å². The van der Waals surface area contributed by atoms with Crippen LogP contribution in [0.3, 0.4) is 0 Å². The largest absolute Gasteiger partial charge is 0.492 e. The number of nitrogens with zero attached hydrogens (tertiary/aromatic N) is 8. The number of aryl methyl sites for hydroxylation is 1. The normalized spacial score (nSPS) is 11.1. The Labute approximate surface area is 125 Å². The van der Waals surface area contributed by atoms with Gasteiger partial charge in [0.05, 0.1) is 11.6 Å². The quantitative estimate of drug-likeness (QED) is 0.521. The molecular weight excluding hydrogens is 346 g/mol. The molecule has 0 spiro atoms. The van der Waals surface area contributed by atoms with E-state index >= 15 is 0 Å². The molecule has 0 bridgehead atoms. The van der Waals surface area contributed by atoms with Gasteiger partial charge >= 0.3 is 5.95 Å². The first-order valence-electron chi connectivity index (χ1n) is 5.64. The number of hydrogen-bond donors (Lipinski definition) is 1. The molecule has 21 heavy (non-hydrogen) atoms. The Hall–Kier alpha value is -2.63. The van der Waals surface area contributed by atoms with Crippen LogP contribution in [0.25, 0.3) is 11.0 Å². The van der Waals surface area contributed by atoms with Crippen LogP contribution in [0, 0.1) is 10.1 Å². The number of fused-ring (bicyclic) bond motifs is 1. The Balaban J connectivity index is 2.01. The molecule has 0 aliphatic rings. The Morgan fingerprint density at radius 3 is 2.86 bits per heavy atom. The number of nitrogens with two attached hydrogens (primary N) is 1. The molecule has 3 aromatic heterocycles. The van der Waals surface area contributed by atoms with Crippen molar-refractivity contribution >= 4 is 38.7 Å². The average Bonchev–Trinajstić information content (AvgIpc) is 2.96. The summed E-state index contributed by atoms with van der Waals surface area (Å²) in [6.45, 7) is 0.0900. The summed E-state index contributed by atoms with van der Waals surface area (Å²) in [7, 11) is 1.73. The molecule has 0 atom stereocenters. The van der Waals surface area contributed by atoms with Crippen molar-refractivity contribution in [2.24, 2.45) is 7.05 Å². The number of anilines is 1. The molecule has 0 aliphatic carbocycles. The monoisotopic (exact) mass is 353 g/mol. The fourth-order valence-electron chi connectivity index (χ4n) is 1.79. The summed E-state index contributed by atoms with van der Waals surface area (Å²) in [6.07, 6.45) is 1.57. The van der Waals surface area contributed by atoms with Gasteiger partial charge < -0.3 is 15.8 Å². The Morgan fingerprint density at radius 1 is 1.43 bits per heavy atom. The molecule has 0 unspecified atom stereocenters. The molecule has 3 heterocycles. The molecule has 3 rings (SSSR count). The van der Waals surface area contributed by atoms with E-state index in [1.165, 1.54) is 4.68 Å². The van der Waals surface area contributed by atoms with E-state index in [1.54, 1.807) is 17.9 Å². The topological polar surface area (TPSA) is 143 Å². The molecule has 0 saturated heterocycles. The zero-order chi connectivity index (χ0) is 15.1. The number of hydrogen-bond acceptors (Lipinski definition) is 8. The third-order valence-corrected chi connectivity index (χ3v) is 3.32. The van der Waals surface area contributed by atoms with Crippen molar-refractivity contribution in [2.75, 3.05) is 5.73 Å². The number of nitrogen functional groups attached to an aromatic ring is 1. The van der Waals surface area contributed by atoms with Crippen molar-refractivity contribution < 1.29 is 4.92 Å². The van der Waals surface area contributed by atoms with E-state index in [1.807, 2.05) is 0 Å². The van der Waals surface area contributed by atoms with E-state index in [9.17, 15) is 10.1 Å². The Kier molecular flexibility index (Phi) is 3.01. The number of aromatic nitrogens is 7. The second kappa shape index (κ2) is 4.73. The van der Waals surface area contributed by atoms with Crippen LogP contribution in [0.4, 0.5) is 11.8 Å². The van der Waals surface area contributed by atoms with Crippen molar-refractivity contribution in [1.29, 1.82) is 0 Å². The maximum Gasteiger partial charge on any atom is 0.492 e. The highest BCUT2D eigenvalue weighted by Crippen LogP contribution is 2.18. The minimum atomic E-state index is -0.680. The van der Waals surface area contributed by atoms with Crippen LogP contribution in [-0.4, -0.2) is 39.4 Å². The highest BCUT2D eigenvalue weighted by Gasteiger charge is 2.21. The fraction of sp³-hybridized carbons (Fsp3) is 0.222.